The van der Waals surface area contributed by atoms with E-state index in [0.29, 0.717) is 0 Å². The molecule has 4 atom stereocenters. The molecule has 0 spiro atoms. The van der Waals surface area contributed by atoms with Crippen LogP contribution in [0.4, 0.5) is 0 Å². The zero-order chi connectivity index (χ0) is 12.1. The zero-order valence-corrected chi connectivity index (χ0v) is 11.3. The van der Waals surface area contributed by atoms with Gasteiger partial charge in [-0.2, -0.15) is 0 Å². The standard InChI is InChI=1S/C15H27N/c1-6-8-11(3)15-13(5)14(15)10-16-12(4)9-7-2/h7,9,11,13-16H,4,6,8,10H2,1-3,5H3/b9-7-/t11?,13?,14?,15-/m1/s1. The van der Waals surface area contributed by atoms with Gasteiger partial charge in [-0.1, -0.05) is 46.3 Å². The third-order valence-corrected chi connectivity index (χ3v) is 3.97. The van der Waals surface area contributed by atoms with Crippen molar-refractivity contribution >= 4 is 0 Å². The van der Waals surface area contributed by atoms with Crippen molar-refractivity contribution in [2.75, 3.05) is 6.54 Å². The van der Waals surface area contributed by atoms with Crippen LogP contribution < -0.4 is 5.32 Å². The summed E-state index contributed by atoms with van der Waals surface area (Å²) in [6, 6.07) is 0. The van der Waals surface area contributed by atoms with Crippen molar-refractivity contribution in [3.63, 3.8) is 0 Å². The molecule has 16 heavy (non-hydrogen) atoms. The van der Waals surface area contributed by atoms with Gasteiger partial charge in [0.25, 0.3) is 0 Å². The second-order valence-corrected chi connectivity index (χ2v) is 5.27. The molecule has 0 aromatic rings. The van der Waals surface area contributed by atoms with Gasteiger partial charge in [0.15, 0.2) is 0 Å². The maximum atomic E-state index is 3.98. The third kappa shape index (κ3) is 3.40. The van der Waals surface area contributed by atoms with E-state index in [1.807, 2.05) is 19.1 Å². The number of nitrogens with one attached hydrogen (secondary N) is 1. The minimum Gasteiger partial charge on any atom is -0.385 e. The molecule has 3 unspecified atom stereocenters. The Balaban J connectivity index is 2.27. The summed E-state index contributed by atoms with van der Waals surface area (Å²) in [5.74, 6) is 3.59. The first kappa shape index (κ1) is 13.3. The van der Waals surface area contributed by atoms with Gasteiger partial charge in [0, 0.05) is 12.2 Å². The average Bonchev–Trinajstić information content (AvgIpc) is 2.87. The monoisotopic (exact) mass is 221 g/mol. The molecule has 1 fully saturated rings. The predicted molar refractivity (Wildman–Crippen MR) is 72.2 cm³/mol. The van der Waals surface area contributed by atoms with Crippen LogP contribution in [0.5, 0.6) is 0 Å². The number of hydrogen-bond acceptors (Lipinski definition) is 1. The van der Waals surface area contributed by atoms with Gasteiger partial charge in [-0.15, -0.1) is 0 Å². The van der Waals surface area contributed by atoms with E-state index >= 15 is 0 Å². The topological polar surface area (TPSA) is 12.0 Å². The van der Waals surface area contributed by atoms with Gasteiger partial charge >= 0.3 is 0 Å². The van der Waals surface area contributed by atoms with Crippen LogP contribution in [0, 0.1) is 23.7 Å². The molecule has 0 radical (unpaired) electrons. The molecule has 1 aliphatic rings. The lowest BCUT2D eigenvalue weighted by Gasteiger charge is -2.10. The van der Waals surface area contributed by atoms with E-state index in [0.717, 1.165) is 35.9 Å². The SMILES string of the molecule is C=C(/C=C\C)NCC1C(C)[C@H]1C(C)CCC. The van der Waals surface area contributed by atoms with Gasteiger partial charge in [0.1, 0.15) is 0 Å². The van der Waals surface area contributed by atoms with Crippen molar-refractivity contribution in [3.8, 4) is 0 Å². The first-order chi connectivity index (χ1) is 7.61. The zero-order valence-electron chi connectivity index (χ0n) is 11.3. The van der Waals surface area contributed by atoms with Gasteiger partial charge in [-0.3, -0.25) is 0 Å². The highest BCUT2D eigenvalue weighted by atomic mass is 14.9. The lowest BCUT2D eigenvalue weighted by Crippen LogP contribution is -2.16. The molecule has 1 nitrogen and oxygen atoms in total. The van der Waals surface area contributed by atoms with E-state index in [9.17, 15) is 0 Å². The molecule has 1 rings (SSSR count). The molecular formula is C15H27N. The van der Waals surface area contributed by atoms with E-state index in [1.54, 1.807) is 0 Å². The normalized spacial score (nSPS) is 30.4. The van der Waals surface area contributed by atoms with Crippen molar-refractivity contribution in [3.05, 3.63) is 24.4 Å². The Labute approximate surface area is 101 Å². The van der Waals surface area contributed by atoms with Crippen LogP contribution in [0.1, 0.15) is 40.5 Å². The quantitative estimate of drug-likeness (QED) is 0.641. The molecule has 1 N–H and O–H groups in total. The lowest BCUT2D eigenvalue weighted by molar-refractivity contribution is 0.425. The summed E-state index contributed by atoms with van der Waals surface area (Å²) < 4.78 is 0. The Hall–Kier alpha value is -0.720. The highest BCUT2D eigenvalue weighted by molar-refractivity contribution is 5.12. The third-order valence-electron chi connectivity index (χ3n) is 3.97. The van der Waals surface area contributed by atoms with Gasteiger partial charge in [0.05, 0.1) is 0 Å². The van der Waals surface area contributed by atoms with E-state index in [2.05, 4.69) is 32.7 Å². The average molecular weight is 221 g/mol. The Bertz CT molecular complexity index is 254. The Morgan fingerprint density at radius 3 is 2.75 bits per heavy atom. The molecule has 0 aliphatic heterocycles. The molecule has 0 aromatic heterocycles. The summed E-state index contributed by atoms with van der Waals surface area (Å²) in [4.78, 5) is 0. The van der Waals surface area contributed by atoms with Gasteiger partial charge in [-0.05, 0) is 36.7 Å². The molecule has 0 heterocycles. The fourth-order valence-corrected chi connectivity index (χ4v) is 3.00. The summed E-state index contributed by atoms with van der Waals surface area (Å²) >= 11 is 0. The van der Waals surface area contributed by atoms with Crippen LogP contribution in [0.3, 0.4) is 0 Å². The predicted octanol–water partition coefficient (Wildman–Crippen LogP) is 3.98. The number of hydrogen-bond donors (Lipinski definition) is 1. The molecular weight excluding hydrogens is 194 g/mol. The Morgan fingerprint density at radius 1 is 1.50 bits per heavy atom. The second kappa shape index (κ2) is 6.12. The summed E-state index contributed by atoms with van der Waals surface area (Å²) in [7, 11) is 0. The van der Waals surface area contributed by atoms with Gasteiger partial charge < -0.3 is 5.32 Å². The highest BCUT2D eigenvalue weighted by Crippen LogP contribution is 2.51. The fourth-order valence-electron chi connectivity index (χ4n) is 3.00. The van der Waals surface area contributed by atoms with E-state index in [4.69, 9.17) is 0 Å². The smallest absolute Gasteiger partial charge is 0.0263 e. The summed E-state index contributed by atoms with van der Waals surface area (Å²) in [5.41, 5.74) is 1.04. The maximum Gasteiger partial charge on any atom is 0.0263 e. The molecule has 1 saturated carbocycles. The summed E-state index contributed by atoms with van der Waals surface area (Å²) in [6.45, 7) is 14.2. The highest BCUT2D eigenvalue weighted by Gasteiger charge is 2.48. The fraction of sp³-hybridized carbons (Fsp3) is 0.733. The Morgan fingerprint density at radius 2 is 2.19 bits per heavy atom. The molecule has 0 aromatic carbocycles. The van der Waals surface area contributed by atoms with Crippen molar-refractivity contribution in [2.45, 2.75) is 40.5 Å². The van der Waals surface area contributed by atoms with Crippen LogP contribution in [0.2, 0.25) is 0 Å². The number of rotatable bonds is 7. The molecule has 1 heteroatoms. The van der Waals surface area contributed by atoms with Crippen molar-refractivity contribution in [1.82, 2.24) is 5.32 Å². The summed E-state index contributed by atoms with van der Waals surface area (Å²) in [5, 5.41) is 3.42. The van der Waals surface area contributed by atoms with Gasteiger partial charge in [-0.25, -0.2) is 0 Å². The maximum absolute atomic E-state index is 3.98. The van der Waals surface area contributed by atoms with Crippen molar-refractivity contribution in [2.24, 2.45) is 23.7 Å². The van der Waals surface area contributed by atoms with Crippen LogP contribution in [0.25, 0.3) is 0 Å². The van der Waals surface area contributed by atoms with Gasteiger partial charge in [0.2, 0.25) is 0 Å². The lowest BCUT2D eigenvalue weighted by atomic mass is 9.98. The minimum atomic E-state index is 0.864. The molecule has 1 aliphatic carbocycles. The van der Waals surface area contributed by atoms with Crippen LogP contribution in [-0.4, -0.2) is 6.54 Å². The molecule has 0 bridgehead atoms. The summed E-state index contributed by atoms with van der Waals surface area (Å²) in [6.07, 6.45) is 6.76. The molecule has 0 saturated heterocycles. The van der Waals surface area contributed by atoms with Crippen molar-refractivity contribution in [1.29, 1.82) is 0 Å². The van der Waals surface area contributed by atoms with Crippen LogP contribution in [0.15, 0.2) is 24.4 Å². The molecule has 0 amide bonds. The van der Waals surface area contributed by atoms with Crippen LogP contribution >= 0.6 is 0 Å². The van der Waals surface area contributed by atoms with Crippen LogP contribution in [-0.2, 0) is 0 Å². The van der Waals surface area contributed by atoms with E-state index < -0.39 is 0 Å². The minimum absolute atomic E-state index is 0.864. The Kier molecular flexibility index (Phi) is 5.11. The first-order valence-electron chi connectivity index (χ1n) is 6.67. The van der Waals surface area contributed by atoms with E-state index in [1.165, 1.54) is 12.8 Å². The van der Waals surface area contributed by atoms with E-state index in [-0.39, 0.29) is 0 Å². The molecule has 92 valence electrons. The van der Waals surface area contributed by atoms with Crippen molar-refractivity contribution < 1.29 is 0 Å². The number of allylic oxidation sites excluding steroid dienone is 2. The largest absolute Gasteiger partial charge is 0.385 e. The second-order valence-electron chi connectivity index (χ2n) is 5.27. The first-order valence-corrected chi connectivity index (χ1v) is 6.67.